The number of aromatic amines is 1. The Labute approximate surface area is 172 Å². The van der Waals surface area contributed by atoms with Gasteiger partial charge in [-0.1, -0.05) is 28.1 Å². The van der Waals surface area contributed by atoms with Crippen LogP contribution in [-0.2, 0) is 11.3 Å². The molecular weight excluding hydrogens is 440 g/mol. The SMILES string of the molecule is O=C(CCn1[nH]c(=O)c2ccccc2c1=O)Nc1cc(Br)ccc1-n1cncn1. The van der Waals surface area contributed by atoms with Crippen molar-refractivity contribution in [3.8, 4) is 5.69 Å². The lowest BCUT2D eigenvalue weighted by Crippen LogP contribution is -2.31. The van der Waals surface area contributed by atoms with Gasteiger partial charge in [-0.05, 0) is 30.3 Å². The van der Waals surface area contributed by atoms with Gasteiger partial charge < -0.3 is 5.32 Å². The molecule has 0 aliphatic heterocycles. The number of amides is 1. The van der Waals surface area contributed by atoms with Crippen LogP contribution >= 0.6 is 15.9 Å². The second kappa shape index (κ2) is 7.84. The van der Waals surface area contributed by atoms with Crippen LogP contribution < -0.4 is 16.4 Å². The van der Waals surface area contributed by atoms with E-state index in [4.69, 9.17) is 0 Å². The van der Waals surface area contributed by atoms with Gasteiger partial charge >= 0.3 is 0 Å². The molecule has 9 nitrogen and oxygen atoms in total. The van der Waals surface area contributed by atoms with Crippen LogP contribution in [0.15, 0.2) is 69.2 Å². The minimum Gasteiger partial charge on any atom is -0.324 e. The highest BCUT2D eigenvalue weighted by Crippen LogP contribution is 2.24. The van der Waals surface area contributed by atoms with E-state index in [1.165, 1.54) is 17.3 Å². The van der Waals surface area contributed by atoms with Crippen molar-refractivity contribution >= 4 is 38.3 Å². The van der Waals surface area contributed by atoms with Gasteiger partial charge in [0.05, 0.1) is 28.7 Å². The van der Waals surface area contributed by atoms with E-state index in [0.29, 0.717) is 22.1 Å². The van der Waals surface area contributed by atoms with E-state index in [1.807, 2.05) is 6.07 Å². The lowest BCUT2D eigenvalue weighted by molar-refractivity contribution is -0.116. The van der Waals surface area contributed by atoms with Gasteiger partial charge in [-0.25, -0.2) is 14.3 Å². The number of aromatic nitrogens is 5. The molecule has 0 saturated carbocycles. The van der Waals surface area contributed by atoms with Crippen LogP contribution in [-0.4, -0.2) is 30.5 Å². The van der Waals surface area contributed by atoms with Gasteiger partial charge in [-0.2, -0.15) is 5.10 Å². The Bertz CT molecular complexity index is 1310. The third-order valence-corrected chi connectivity index (χ3v) is 4.84. The predicted octanol–water partition coefficient (Wildman–Crippen LogP) is 2.06. The number of fused-ring (bicyclic) bond motifs is 1. The number of halogens is 1. The maximum atomic E-state index is 12.5. The maximum Gasteiger partial charge on any atom is 0.273 e. The summed E-state index contributed by atoms with van der Waals surface area (Å²) in [6, 6.07) is 11.9. The number of nitrogens with one attached hydrogen (secondary N) is 2. The second-order valence-electron chi connectivity index (χ2n) is 6.24. The van der Waals surface area contributed by atoms with Gasteiger partial charge in [0.25, 0.3) is 11.1 Å². The highest BCUT2D eigenvalue weighted by atomic mass is 79.9. The number of anilines is 1. The number of benzene rings is 2. The molecule has 1 amide bonds. The van der Waals surface area contributed by atoms with Gasteiger partial charge in [-0.15, -0.1) is 0 Å². The number of rotatable bonds is 5. The molecule has 0 unspecified atom stereocenters. The average Bonchev–Trinajstić information content (AvgIpc) is 3.24. The molecule has 4 rings (SSSR count). The van der Waals surface area contributed by atoms with Crippen LogP contribution in [0, 0.1) is 0 Å². The van der Waals surface area contributed by atoms with E-state index in [-0.39, 0.29) is 30.0 Å². The minimum atomic E-state index is -0.374. The predicted molar refractivity (Wildman–Crippen MR) is 111 cm³/mol. The summed E-state index contributed by atoms with van der Waals surface area (Å²) in [5, 5.41) is 10.1. The number of H-pyrrole nitrogens is 1. The molecule has 0 spiro atoms. The molecule has 29 heavy (non-hydrogen) atoms. The van der Waals surface area contributed by atoms with Gasteiger partial charge in [0, 0.05) is 10.9 Å². The molecule has 0 bridgehead atoms. The van der Waals surface area contributed by atoms with E-state index in [9.17, 15) is 14.4 Å². The summed E-state index contributed by atoms with van der Waals surface area (Å²) in [7, 11) is 0. The first kappa shape index (κ1) is 18.8. The molecule has 146 valence electrons. The Morgan fingerprint density at radius 3 is 2.69 bits per heavy atom. The Balaban J connectivity index is 1.54. The summed E-state index contributed by atoms with van der Waals surface area (Å²) in [4.78, 5) is 41.1. The molecule has 2 aromatic carbocycles. The van der Waals surface area contributed by atoms with Gasteiger partial charge in [-0.3, -0.25) is 19.5 Å². The molecule has 0 saturated heterocycles. The summed E-state index contributed by atoms with van der Waals surface area (Å²) in [6.07, 6.45) is 2.92. The van der Waals surface area contributed by atoms with Crippen LogP contribution in [0.25, 0.3) is 16.5 Å². The van der Waals surface area contributed by atoms with E-state index < -0.39 is 0 Å². The van der Waals surface area contributed by atoms with Crippen LogP contribution in [0.2, 0.25) is 0 Å². The number of aryl methyl sites for hydroxylation is 1. The number of hydrogen-bond donors (Lipinski definition) is 2. The van der Waals surface area contributed by atoms with Crippen molar-refractivity contribution < 1.29 is 4.79 Å². The molecule has 0 atom stereocenters. The lowest BCUT2D eigenvalue weighted by atomic mass is 10.2. The maximum absolute atomic E-state index is 12.5. The van der Waals surface area contributed by atoms with Crippen LogP contribution in [0.3, 0.4) is 0 Å². The summed E-state index contributed by atoms with van der Waals surface area (Å²) in [5.74, 6) is -0.314. The quantitative estimate of drug-likeness (QED) is 0.478. The molecule has 0 aliphatic rings. The van der Waals surface area contributed by atoms with Crippen LogP contribution in [0.1, 0.15) is 6.42 Å². The van der Waals surface area contributed by atoms with Crippen molar-refractivity contribution in [2.45, 2.75) is 13.0 Å². The van der Waals surface area contributed by atoms with Crippen LogP contribution in [0.4, 0.5) is 5.69 Å². The van der Waals surface area contributed by atoms with Crippen molar-refractivity contribution in [2.24, 2.45) is 0 Å². The lowest BCUT2D eigenvalue weighted by Gasteiger charge is -2.12. The van der Waals surface area contributed by atoms with Gasteiger partial charge in [0.1, 0.15) is 12.7 Å². The Morgan fingerprint density at radius 2 is 1.93 bits per heavy atom. The summed E-state index contributed by atoms with van der Waals surface area (Å²) in [6.45, 7) is 0.0391. The second-order valence-corrected chi connectivity index (χ2v) is 7.16. The highest BCUT2D eigenvalue weighted by molar-refractivity contribution is 9.10. The molecule has 2 aromatic heterocycles. The van der Waals surface area contributed by atoms with Crippen molar-refractivity contribution in [2.75, 3.05) is 5.32 Å². The molecule has 10 heteroatoms. The van der Waals surface area contributed by atoms with E-state index in [1.54, 1.807) is 36.4 Å². The van der Waals surface area contributed by atoms with Gasteiger partial charge in [0.15, 0.2) is 0 Å². The fourth-order valence-electron chi connectivity index (χ4n) is 2.97. The zero-order valence-electron chi connectivity index (χ0n) is 15.0. The standard InChI is InChI=1S/C19H15BrN6O3/c20-12-5-6-16(26-11-21-10-22-26)15(9-12)23-17(27)7-8-25-19(29)14-4-2-1-3-13(14)18(28)24-25/h1-6,9-11H,7-8H2,(H,23,27)(H,24,28). The Morgan fingerprint density at radius 1 is 1.14 bits per heavy atom. The first-order valence-corrected chi connectivity index (χ1v) is 9.48. The number of carbonyl (C=O) groups excluding carboxylic acids is 1. The number of hydrogen-bond acceptors (Lipinski definition) is 5. The first-order valence-electron chi connectivity index (χ1n) is 8.69. The topological polar surface area (TPSA) is 115 Å². The fourth-order valence-corrected chi connectivity index (χ4v) is 3.33. The smallest absolute Gasteiger partial charge is 0.273 e. The van der Waals surface area contributed by atoms with Crippen LogP contribution in [0.5, 0.6) is 0 Å². The molecular formula is C19H15BrN6O3. The normalized spacial score (nSPS) is 10.9. The largest absolute Gasteiger partial charge is 0.324 e. The summed E-state index contributed by atoms with van der Waals surface area (Å²) in [5.41, 5.74) is 0.462. The molecule has 4 aromatic rings. The summed E-state index contributed by atoms with van der Waals surface area (Å²) < 4.78 is 3.48. The van der Waals surface area contributed by atoms with Crippen molar-refractivity contribution in [1.82, 2.24) is 24.5 Å². The Kier molecular flexibility index (Phi) is 5.09. The number of nitrogens with zero attached hydrogens (tertiary/aromatic N) is 4. The third-order valence-electron chi connectivity index (χ3n) is 4.34. The van der Waals surface area contributed by atoms with Crippen molar-refractivity contribution in [3.05, 3.63) is 80.3 Å². The highest BCUT2D eigenvalue weighted by Gasteiger charge is 2.12. The van der Waals surface area contributed by atoms with E-state index in [0.717, 1.165) is 9.15 Å². The molecule has 2 heterocycles. The average molecular weight is 455 g/mol. The molecule has 0 radical (unpaired) electrons. The molecule has 0 fully saturated rings. The van der Waals surface area contributed by atoms with Gasteiger partial charge in [0.2, 0.25) is 5.91 Å². The van der Waals surface area contributed by atoms with Crippen molar-refractivity contribution in [1.29, 1.82) is 0 Å². The number of carbonyl (C=O) groups is 1. The monoisotopic (exact) mass is 454 g/mol. The van der Waals surface area contributed by atoms with E-state index in [2.05, 4.69) is 36.4 Å². The fraction of sp³-hybridized carbons (Fsp3) is 0.105. The minimum absolute atomic E-state index is 0.00248. The zero-order valence-corrected chi connectivity index (χ0v) is 16.6. The first-order chi connectivity index (χ1) is 14.0. The van der Waals surface area contributed by atoms with Crippen molar-refractivity contribution in [3.63, 3.8) is 0 Å². The third kappa shape index (κ3) is 3.87. The molecule has 2 N–H and O–H groups in total. The zero-order chi connectivity index (χ0) is 20.4. The molecule has 0 aliphatic carbocycles. The Hall–Kier alpha value is -3.53. The van der Waals surface area contributed by atoms with E-state index >= 15 is 0 Å². The summed E-state index contributed by atoms with van der Waals surface area (Å²) >= 11 is 3.38.